The minimum absolute atomic E-state index is 0.347. The SMILES string of the molecule is [NH]C(=O)c1ccc(-c2ncc(Cl)c(Nc3cc(C4CC4)[nH]n3)n2)s1. The largest absolute Gasteiger partial charge is 0.322 e. The molecule has 9 heteroatoms. The number of carbonyl (C=O) groups excluding carboxylic acids is 1. The molecule has 1 amide bonds. The summed E-state index contributed by atoms with van der Waals surface area (Å²) >= 11 is 7.34. The molecule has 0 bridgehead atoms. The number of rotatable bonds is 5. The number of aromatic nitrogens is 4. The molecule has 3 aromatic rings. The molecule has 1 aliphatic rings. The van der Waals surface area contributed by atoms with Crippen LogP contribution in [0.5, 0.6) is 0 Å². The molecule has 0 unspecified atom stereocenters. The fourth-order valence-electron chi connectivity index (χ4n) is 2.28. The predicted octanol–water partition coefficient (Wildman–Crippen LogP) is 3.63. The normalized spacial score (nSPS) is 13.9. The van der Waals surface area contributed by atoms with E-state index in [0.717, 1.165) is 5.69 Å². The predicted molar refractivity (Wildman–Crippen MR) is 91.6 cm³/mol. The summed E-state index contributed by atoms with van der Waals surface area (Å²) in [6.07, 6.45) is 3.88. The van der Waals surface area contributed by atoms with Gasteiger partial charge in [-0.25, -0.2) is 9.97 Å². The molecule has 0 atom stereocenters. The lowest BCUT2D eigenvalue weighted by Crippen LogP contribution is -1.98. The Bertz CT molecular complexity index is 916. The van der Waals surface area contributed by atoms with Gasteiger partial charge in [-0.2, -0.15) is 5.10 Å². The van der Waals surface area contributed by atoms with Crippen LogP contribution in [0.4, 0.5) is 11.6 Å². The maximum atomic E-state index is 11.1. The molecule has 1 saturated carbocycles. The lowest BCUT2D eigenvalue weighted by Gasteiger charge is -2.05. The number of hydrogen-bond donors (Lipinski definition) is 2. The molecule has 3 N–H and O–H groups in total. The van der Waals surface area contributed by atoms with Crippen molar-refractivity contribution in [3.05, 3.63) is 40.0 Å². The number of hydrogen-bond acceptors (Lipinski definition) is 6. The molecular weight excluding hydrogens is 348 g/mol. The second-order valence-corrected chi connectivity index (χ2v) is 6.98. The zero-order valence-electron chi connectivity index (χ0n) is 12.3. The second-order valence-electron chi connectivity index (χ2n) is 5.49. The Morgan fingerprint density at radius 1 is 1.42 bits per heavy atom. The molecule has 3 heterocycles. The van der Waals surface area contributed by atoms with Gasteiger partial charge in [-0.05, 0) is 25.0 Å². The van der Waals surface area contributed by atoms with Gasteiger partial charge in [-0.1, -0.05) is 11.6 Å². The number of aromatic amines is 1. The van der Waals surface area contributed by atoms with Crippen molar-refractivity contribution in [3.63, 3.8) is 0 Å². The molecule has 121 valence electrons. The fraction of sp³-hybridized carbons (Fsp3) is 0.200. The Morgan fingerprint density at radius 2 is 2.25 bits per heavy atom. The zero-order chi connectivity index (χ0) is 16.7. The van der Waals surface area contributed by atoms with Gasteiger partial charge in [0.25, 0.3) is 5.91 Å². The van der Waals surface area contributed by atoms with Gasteiger partial charge in [0, 0.05) is 17.7 Å². The minimum atomic E-state index is -0.720. The highest BCUT2D eigenvalue weighted by Gasteiger charge is 2.25. The van der Waals surface area contributed by atoms with Gasteiger partial charge < -0.3 is 5.32 Å². The van der Waals surface area contributed by atoms with Gasteiger partial charge in [0.2, 0.25) is 0 Å². The molecule has 0 saturated heterocycles. The summed E-state index contributed by atoms with van der Waals surface area (Å²) in [6.45, 7) is 0. The third kappa shape index (κ3) is 2.98. The van der Waals surface area contributed by atoms with Crippen LogP contribution in [-0.2, 0) is 0 Å². The fourth-order valence-corrected chi connectivity index (χ4v) is 3.21. The van der Waals surface area contributed by atoms with E-state index in [1.54, 1.807) is 12.1 Å². The van der Waals surface area contributed by atoms with Crippen molar-refractivity contribution in [1.82, 2.24) is 25.9 Å². The highest BCUT2D eigenvalue weighted by atomic mass is 35.5. The number of carbonyl (C=O) groups is 1. The van der Waals surface area contributed by atoms with E-state index in [9.17, 15) is 4.79 Å². The van der Waals surface area contributed by atoms with Crippen molar-refractivity contribution >= 4 is 40.5 Å². The Labute approximate surface area is 146 Å². The average Bonchev–Trinajstić information content (AvgIpc) is 3.10. The van der Waals surface area contributed by atoms with Crippen LogP contribution in [0.3, 0.4) is 0 Å². The van der Waals surface area contributed by atoms with E-state index in [-0.39, 0.29) is 0 Å². The number of nitrogens with one attached hydrogen (secondary N) is 3. The molecule has 4 rings (SSSR count). The highest BCUT2D eigenvalue weighted by molar-refractivity contribution is 7.17. The van der Waals surface area contributed by atoms with E-state index in [1.807, 2.05) is 6.07 Å². The van der Waals surface area contributed by atoms with Gasteiger partial charge in [-0.3, -0.25) is 15.6 Å². The molecule has 7 nitrogen and oxygen atoms in total. The summed E-state index contributed by atoms with van der Waals surface area (Å²) in [5, 5.41) is 10.7. The van der Waals surface area contributed by atoms with Gasteiger partial charge in [-0.15, -0.1) is 11.3 Å². The van der Waals surface area contributed by atoms with E-state index >= 15 is 0 Å². The van der Waals surface area contributed by atoms with Crippen LogP contribution < -0.4 is 11.1 Å². The number of thiophene rings is 1. The second kappa shape index (κ2) is 5.88. The monoisotopic (exact) mass is 359 g/mol. The number of halogens is 1. The lowest BCUT2D eigenvalue weighted by atomic mass is 10.3. The molecule has 0 aromatic carbocycles. The van der Waals surface area contributed by atoms with E-state index in [1.165, 1.54) is 30.4 Å². The topological polar surface area (TPSA) is 107 Å². The number of nitrogens with zero attached hydrogens (tertiary/aromatic N) is 3. The first-order valence-electron chi connectivity index (χ1n) is 7.31. The number of amides is 1. The summed E-state index contributed by atoms with van der Waals surface area (Å²) in [5.74, 6) is 1.40. The first kappa shape index (κ1) is 15.1. The first-order valence-corrected chi connectivity index (χ1v) is 8.50. The van der Waals surface area contributed by atoms with Crippen LogP contribution in [0.2, 0.25) is 5.02 Å². The number of anilines is 2. The Kier molecular flexibility index (Phi) is 3.70. The number of H-pyrrole nitrogens is 1. The van der Waals surface area contributed by atoms with E-state index in [4.69, 9.17) is 17.3 Å². The molecule has 1 radical (unpaired) electrons. The van der Waals surface area contributed by atoms with Crippen molar-refractivity contribution in [2.24, 2.45) is 0 Å². The van der Waals surface area contributed by atoms with Crippen LogP contribution in [-0.4, -0.2) is 26.1 Å². The van der Waals surface area contributed by atoms with Crippen LogP contribution in [0.15, 0.2) is 24.4 Å². The van der Waals surface area contributed by atoms with Gasteiger partial charge in [0.05, 0.1) is 16.0 Å². The Hall–Kier alpha value is -2.45. The highest BCUT2D eigenvalue weighted by Crippen LogP contribution is 2.40. The average molecular weight is 360 g/mol. The quantitative estimate of drug-likeness (QED) is 0.723. The van der Waals surface area contributed by atoms with Crippen molar-refractivity contribution in [2.75, 3.05) is 5.32 Å². The maximum absolute atomic E-state index is 11.1. The summed E-state index contributed by atoms with van der Waals surface area (Å²) in [5.41, 5.74) is 8.26. The summed E-state index contributed by atoms with van der Waals surface area (Å²) in [6, 6.07) is 5.27. The van der Waals surface area contributed by atoms with Crippen molar-refractivity contribution < 1.29 is 4.79 Å². The maximum Gasteiger partial charge on any atom is 0.279 e. The third-order valence-electron chi connectivity index (χ3n) is 3.66. The molecular formula is C15H12ClN6OS. The van der Waals surface area contributed by atoms with E-state index in [0.29, 0.717) is 38.2 Å². The first-order chi connectivity index (χ1) is 11.6. The van der Waals surface area contributed by atoms with Crippen LogP contribution in [0, 0.1) is 0 Å². The van der Waals surface area contributed by atoms with Crippen molar-refractivity contribution in [1.29, 1.82) is 0 Å². The van der Waals surface area contributed by atoms with E-state index < -0.39 is 5.91 Å². The molecule has 1 aliphatic carbocycles. The molecule has 1 fully saturated rings. The van der Waals surface area contributed by atoms with Gasteiger partial charge in [0.1, 0.15) is 5.02 Å². The lowest BCUT2D eigenvalue weighted by molar-refractivity contribution is 0.0996. The zero-order valence-corrected chi connectivity index (χ0v) is 13.9. The van der Waals surface area contributed by atoms with Crippen molar-refractivity contribution in [3.8, 4) is 10.7 Å². The van der Waals surface area contributed by atoms with Crippen molar-refractivity contribution in [2.45, 2.75) is 18.8 Å². The van der Waals surface area contributed by atoms with Crippen LogP contribution in [0.1, 0.15) is 34.1 Å². The van der Waals surface area contributed by atoms with Gasteiger partial charge in [0.15, 0.2) is 17.5 Å². The third-order valence-corrected chi connectivity index (χ3v) is 5.01. The van der Waals surface area contributed by atoms with Crippen LogP contribution in [0.25, 0.3) is 10.7 Å². The molecule has 3 aromatic heterocycles. The summed E-state index contributed by atoms with van der Waals surface area (Å²) < 4.78 is 0. The smallest absolute Gasteiger partial charge is 0.279 e. The minimum Gasteiger partial charge on any atom is -0.322 e. The molecule has 24 heavy (non-hydrogen) atoms. The van der Waals surface area contributed by atoms with Gasteiger partial charge >= 0.3 is 0 Å². The summed E-state index contributed by atoms with van der Waals surface area (Å²) in [7, 11) is 0. The molecule has 0 aliphatic heterocycles. The Morgan fingerprint density at radius 3 is 2.96 bits per heavy atom. The molecule has 0 spiro atoms. The summed E-state index contributed by atoms with van der Waals surface area (Å²) in [4.78, 5) is 20.8. The van der Waals surface area contributed by atoms with Crippen LogP contribution >= 0.6 is 22.9 Å². The standard InChI is InChI=1S/C15H12ClN6OS/c16-8-6-18-15(11-4-3-10(24-11)13(17)23)20-14(8)19-12-5-9(21-22-12)7-1-2-7/h3-7,17H,1-2H2,(H2,18,19,20,21,22). The van der Waals surface area contributed by atoms with E-state index in [2.05, 4.69) is 25.5 Å². The Balaban J connectivity index is 1.61.